The molecule has 1 rings (SSSR count). The average molecular weight is 272 g/mol. The Bertz CT molecular complexity index is 414. The lowest BCUT2D eigenvalue weighted by Crippen LogP contribution is -2.32. The Labute approximate surface area is 109 Å². The van der Waals surface area contributed by atoms with Gasteiger partial charge in [0.25, 0.3) is 0 Å². The predicted molar refractivity (Wildman–Crippen MR) is 69.1 cm³/mol. The summed E-state index contributed by atoms with van der Waals surface area (Å²) in [5, 5.41) is 8.66. The minimum Gasteiger partial charge on any atom is -0.493 e. The van der Waals surface area contributed by atoms with Gasteiger partial charge in [-0.05, 0) is 0 Å². The molecule has 1 aromatic rings. The van der Waals surface area contributed by atoms with Crippen molar-refractivity contribution in [2.24, 2.45) is 5.73 Å². The summed E-state index contributed by atoms with van der Waals surface area (Å²) < 4.78 is 10.4. The van der Waals surface area contributed by atoms with Crippen molar-refractivity contribution < 1.29 is 19.4 Å². The molecular weight excluding hydrogens is 256 g/mol. The number of thioether (sulfide) groups is 1. The van der Waals surface area contributed by atoms with Gasteiger partial charge in [0, 0.05) is 23.8 Å². The van der Waals surface area contributed by atoms with E-state index >= 15 is 0 Å². The lowest BCUT2D eigenvalue weighted by atomic mass is 10.3. The third kappa shape index (κ3) is 3.78. The smallest absolute Gasteiger partial charge is 0.321 e. The van der Waals surface area contributed by atoms with Crippen molar-refractivity contribution >= 4 is 17.7 Å². The topological polar surface area (TPSA) is 94.7 Å². The highest BCUT2D eigenvalue weighted by Crippen LogP contribution is 2.31. The fraction of sp³-hybridized carbons (Fsp3) is 0.455. The molecule has 1 aromatic heterocycles. The van der Waals surface area contributed by atoms with Crippen molar-refractivity contribution in [1.29, 1.82) is 0 Å². The van der Waals surface area contributed by atoms with Crippen LogP contribution >= 0.6 is 11.8 Å². The quantitative estimate of drug-likeness (QED) is 0.756. The zero-order valence-electron chi connectivity index (χ0n) is 10.3. The Morgan fingerprint density at radius 2 is 2.28 bits per heavy atom. The molecule has 0 amide bonds. The third-order valence-corrected chi connectivity index (χ3v) is 3.29. The van der Waals surface area contributed by atoms with Gasteiger partial charge < -0.3 is 20.3 Å². The highest BCUT2D eigenvalue weighted by molar-refractivity contribution is 7.98. The largest absolute Gasteiger partial charge is 0.493 e. The number of nitrogens with two attached hydrogens (primary N) is 1. The van der Waals surface area contributed by atoms with Gasteiger partial charge in [-0.1, -0.05) is 0 Å². The molecule has 0 saturated carbocycles. The van der Waals surface area contributed by atoms with Crippen LogP contribution in [0.15, 0.2) is 12.3 Å². The summed E-state index contributed by atoms with van der Waals surface area (Å²) in [5.74, 6) is 0.994. The Morgan fingerprint density at radius 3 is 2.83 bits per heavy atom. The first kappa shape index (κ1) is 14.6. The van der Waals surface area contributed by atoms with E-state index in [4.69, 9.17) is 20.3 Å². The van der Waals surface area contributed by atoms with Crippen LogP contribution in [0.25, 0.3) is 0 Å². The van der Waals surface area contributed by atoms with E-state index < -0.39 is 12.0 Å². The zero-order valence-corrected chi connectivity index (χ0v) is 11.1. The Hall–Kier alpha value is -1.47. The SMILES string of the molecule is COc1ccnc(CSC[C@@H](N)C(=O)O)c1OC. The molecular formula is C11H16N2O4S. The molecule has 7 heteroatoms. The van der Waals surface area contributed by atoms with Crippen LogP contribution < -0.4 is 15.2 Å². The van der Waals surface area contributed by atoms with Gasteiger partial charge in [-0.25, -0.2) is 0 Å². The number of pyridine rings is 1. The van der Waals surface area contributed by atoms with Gasteiger partial charge in [-0.2, -0.15) is 11.8 Å². The van der Waals surface area contributed by atoms with E-state index in [1.807, 2.05) is 0 Å². The van der Waals surface area contributed by atoms with Gasteiger partial charge in [0.2, 0.25) is 0 Å². The molecule has 0 bridgehead atoms. The molecule has 3 N–H and O–H groups in total. The summed E-state index contributed by atoms with van der Waals surface area (Å²) in [4.78, 5) is 14.8. The van der Waals surface area contributed by atoms with E-state index in [0.717, 1.165) is 0 Å². The van der Waals surface area contributed by atoms with Gasteiger partial charge in [0.05, 0.1) is 19.9 Å². The van der Waals surface area contributed by atoms with Gasteiger partial charge >= 0.3 is 5.97 Å². The first-order valence-electron chi connectivity index (χ1n) is 5.22. The van der Waals surface area contributed by atoms with Gasteiger partial charge in [-0.3, -0.25) is 9.78 Å². The second-order valence-corrected chi connectivity index (χ2v) is 4.48. The standard InChI is InChI=1S/C11H16N2O4S/c1-16-9-3-4-13-8(10(9)17-2)6-18-5-7(12)11(14)15/h3-4,7H,5-6,12H2,1-2H3,(H,14,15)/t7-/m1/s1. The van der Waals surface area contributed by atoms with Gasteiger partial charge in [-0.15, -0.1) is 0 Å². The van der Waals surface area contributed by atoms with Crippen LogP contribution in [0.2, 0.25) is 0 Å². The fourth-order valence-corrected chi connectivity index (χ4v) is 2.22. The highest BCUT2D eigenvalue weighted by Gasteiger charge is 2.14. The van der Waals surface area contributed by atoms with E-state index in [1.54, 1.807) is 19.4 Å². The maximum absolute atomic E-state index is 10.6. The molecule has 0 spiro atoms. The minimum absolute atomic E-state index is 0.317. The second-order valence-electron chi connectivity index (χ2n) is 3.45. The Kier molecular flexibility index (Phi) is 5.73. The maximum atomic E-state index is 10.6. The molecule has 100 valence electrons. The summed E-state index contributed by atoms with van der Waals surface area (Å²) in [6.07, 6.45) is 1.62. The number of ether oxygens (including phenoxy) is 2. The number of hydrogen-bond acceptors (Lipinski definition) is 6. The van der Waals surface area contributed by atoms with Crippen molar-refractivity contribution in [3.8, 4) is 11.5 Å². The van der Waals surface area contributed by atoms with Crippen LogP contribution in [-0.2, 0) is 10.5 Å². The fourth-order valence-electron chi connectivity index (χ4n) is 1.31. The number of nitrogens with zero attached hydrogens (tertiary/aromatic N) is 1. The molecule has 0 aromatic carbocycles. The lowest BCUT2D eigenvalue weighted by molar-refractivity contribution is -0.137. The molecule has 0 unspecified atom stereocenters. The van der Waals surface area contributed by atoms with E-state index in [-0.39, 0.29) is 0 Å². The molecule has 0 saturated heterocycles. The predicted octanol–water partition coefficient (Wildman–Crippen LogP) is 0.744. The van der Waals surface area contributed by atoms with Crippen LogP contribution in [0, 0.1) is 0 Å². The van der Waals surface area contributed by atoms with Crippen LogP contribution in [-0.4, -0.2) is 42.1 Å². The molecule has 1 atom stereocenters. The van der Waals surface area contributed by atoms with Crippen molar-refractivity contribution in [3.63, 3.8) is 0 Å². The van der Waals surface area contributed by atoms with Gasteiger partial charge in [0.1, 0.15) is 6.04 Å². The molecule has 0 aliphatic rings. The molecule has 0 fully saturated rings. The summed E-state index contributed by atoms with van der Waals surface area (Å²) in [7, 11) is 3.09. The van der Waals surface area contributed by atoms with Crippen molar-refractivity contribution in [3.05, 3.63) is 18.0 Å². The minimum atomic E-state index is -1.01. The highest BCUT2D eigenvalue weighted by atomic mass is 32.2. The number of carbonyl (C=O) groups is 1. The number of carboxylic acid groups (broad SMARTS) is 1. The van der Waals surface area contributed by atoms with Crippen molar-refractivity contribution in [2.45, 2.75) is 11.8 Å². The summed E-state index contributed by atoms with van der Waals surface area (Å²) in [6.45, 7) is 0. The van der Waals surface area contributed by atoms with E-state index in [0.29, 0.717) is 28.7 Å². The first-order chi connectivity index (χ1) is 8.60. The van der Waals surface area contributed by atoms with E-state index in [9.17, 15) is 4.79 Å². The first-order valence-corrected chi connectivity index (χ1v) is 6.37. The van der Waals surface area contributed by atoms with E-state index in [2.05, 4.69) is 4.98 Å². The number of carboxylic acids is 1. The number of aromatic nitrogens is 1. The summed E-state index contributed by atoms with van der Waals surface area (Å²) >= 11 is 1.39. The second kappa shape index (κ2) is 7.07. The van der Waals surface area contributed by atoms with Crippen molar-refractivity contribution in [1.82, 2.24) is 4.98 Å². The maximum Gasteiger partial charge on any atom is 0.321 e. The number of rotatable bonds is 7. The zero-order chi connectivity index (χ0) is 13.5. The average Bonchev–Trinajstić information content (AvgIpc) is 2.37. The lowest BCUT2D eigenvalue weighted by Gasteiger charge is -2.11. The molecule has 0 aliphatic carbocycles. The third-order valence-electron chi connectivity index (χ3n) is 2.22. The monoisotopic (exact) mass is 272 g/mol. The van der Waals surface area contributed by atoms with E-state index in [1.165, 1.54) is 18.9 Å². The molecule has 6 nitrogen and oxygen atoms in total. The number of aliphatic carboxylic acids is 1. The van der Waals surface area contributed by atoms with Crippen LogP contribution in [0.5, 0.6) is 11.5 Å². The molecule has 0 radical (unpaired) electrons. The summed E-state index contributed by atoms with van der Waals surface area (Å²) in [5.41, 5.74) is 6.12. The number of methoxy groups -OCH3 is 2. The van der Waals surface area contributed by atoms with Gasteiger partial charge in [0.15, 0.2) is 11.5 Å². The molecule has 18 heavy (non-hydrogen) atoms. The normalized spacial score (nSPS) is 11.9. The van der Waals surface area contributed by atoms with Crippen molar-refractivity contribution in [2.75, 3.05) is 20.0 Å². The molecule has 1 heterocycles. The number of hydrogen-bond donors (Lipinski definition) is 2. The van der Waals surface area contributed by atoms with Crippen LogP contribution in [0.4, 0.5) is 0 Å². The molecule has 0 aliphatic heterocycles. The van der Waals surface area contributed by atoms with Crippen LogP contribution in [0.3, 0.4) is 0 Å². The Balaban J connectivity index is 2.64. The Morgan fingerprint density at radius 1 is 1.56 bits per heavy atom. The van der Waals surface area contributed by atoms with Crippen LogP contribution in [0.1, 0.15) is 5.69 Å². The summed E-state index contributed by atoms with van der Waals surface area (Å²) in [6, 6.07) is 0.835.